The molecular formula is C24H26N6O2S. The average Bonchev–Trinajstić information content (AvgIpc) is 3.54. The molecule has 1 aromatic carbocycles. The Morgan fingerprint density at radius 2 is 2.21 bits per heavy atom. The second-order valence-corrected chi connectivity index (χ2v) is 9.16. The minimum atomic E-state index is -0.127. The summed E-state index contributed by atoms with van der Waals surface area (Å²) in [4.78, 5) is 31.4. The summed E-state index contributed by atoms with van der Waals surface area (Å²) in [6.07, 6.45) is 5.31. The maximum absolute atomic E-state index is 12.4. The van der Waals surface area contributed by atoms with Gasteiger partial charge in [-0.05, 0) is 25.0 Å². The lowest BCUT2D eigenvalue weighted by atomic mass is 9.96. The van der Waals surface area contributed by atoms with Crippen molar-refractivity contribution in [2.45, 2.75) is 38.4 Å². The monoisotopic (exact) mass is 462 g/mol. The molecule has 0 radical (unpaired) electrons. The summed E-state index contributed by atoms with van der Waals surface area (Å²) in [7, 11) is 1.62. The van der Waals surface area contributed by atoms with Crippen LogP contribution in [0.1, 0.15) is 36.6 Å². The Balaban J connectivity index is 1.41. The van der Waals surface area contributed by atoms with Gasteiger partial charge in [0.25, 0.3) is 0 Å². The molecule has 0 bridgehead atoms. The van der Waals surface area contributed by atoms with Crippen molar-refractivity contribution in [2.75, 3.05) is 13.7 Å². The summed E-state index contributed by atoms with van der Waals surface area (Å²) in [5.41, 5.74) is 2.54. The molecule has 2 N–H and O–H groups in total. The van der Waals surface area contributed by atoms with Crippen LogP contribution in [0, 0.1) is 0 Å². The Bertz CT molecular complexity index is 1260. The largest absolute Gasteiger partial charge is 0.480 e. The van der Waals surface area contributed by atoms with E-state index < -0.39 is 0 Å². The third-order valence-electron chi connectivity index (χ3n) is 6.12. The number of para-hydroxylation sites is 1. The fourth-order valence-electron chi connectivity index (χ4n) is 4.45. The number of aromatic nitrogens is 4. The van der Waals surface area contributed by atoms with E-state index in [1.807, 2.05) is 40.7 Å². The second-order valence-electron chi connectivity index (χ2n) is 8.18. The van der Waals surface area contributed by atoms with Gasteiger partial charge in [-0.1, -0.05) is 18.2 Å². The van der Waals surface area contributed by atoms with Gasteiger partial charge in [0.1, 0.15) is 10.8 Å². The number of nitrogens with one attached hydrogen (secondary N) is 2. The zero-order valence-electron chi connectivity index (χ0n) is 18.6. The van der Waals surface area contributed by atoms with E-state index in [-0.39, 0.29) is 18.0 Å². The lowest BCUT2D eigenvalue weighted by molar-refractivity contribution is -0.133. The number of carbonyl (C=O) groups excluding carboxylic acids is 1. The van der Waals surface area contributed by atoms with Crippen molar-refractivity contribution in [3.63, 3.8) is 0 Å². The van der Waals surface area contributed by atoms with Crippen LogP contribution in [0.15, 0.2) is 48.1 Å². The van der Waals surface area contributed by atoms with Gasteiger partial charge < -0.3 is 19.9 Å². The van der Waals surface area contributed by atoms with E-state index in [4.69, 9.17) is 4.74 Å². The number of ether oxygens (including phenoxy) is 1. The third-order valence-corrected chi connectivity index (χ3v) is 6.90. The van der Waals surface area contributed by atoms with Gasteiger partial charge in [-0.3, -0.25) is 4.79 Å². The van der Waals surface area contributed by atoms with Gasteiger partial charge in [0.15, 0.2) is 0 Å². The predicted octanol–water partition coefficient (Wildman–Crippen LogP) is 3.93. The van der Waals surface area contributed by atoms with Crippen LogP contribution in [0.4, 0.5) is 0 Å². The number of nitrogens with zero attached hydrogens (tertiary/aromatic N) is 4. The lowest BCUT2D eigenvalue weighted by Crippen LogP contribution is -2.46. The molecule has 0 unspecified atom stereocenters. The summed E-state index contributed by atoms with van der Waals surface area (Å²) < 4.78 is 5.57. The van der Waals surface area contributed by atoms with Crippen molar-refractivity contribution in [2.24, 2.45) is 0 Å². The zero-order chi connectivity index (χ0) is 22.8. The number of rotatable bonds is 6. The highest BCUT2D eigenvalue weighted by molar-refractivity contribution is 7.09. The number of benzene rings is 1. The highest BCUT2D eigenvalue weighted by Crippen LogP contribution is 2.34. The zero-order valence-corrected chi connectivity index (χ0v) is 19.4. The summed E-state index contributed by atoms with van der Waals surface area (Å²) in [6, 6.07) is 10.1. The van der Waals surface area contributed by atoms with Crippen molar-refractivity contribution in [1.29, 1.82) is 0 Å². The smallest absolute Gasteiger partial charge is 0.223 e. The summed E-state index contributed by atoms with van der Waals surface area (Å²) in [5, 5.41) is 7.68. The number of piperidine rings is 1. The van der Waals surface area contributed by atoms with E-state index in [2.05, 4.69) is 31.3 Å². The number of H-pyrrole nitrogens is 1. The van der Waals surface area contributed by atoms with Gasteiger partial charge in [0.05, 0.1) is 36.1 Å². The minimum Gasteiger partial charge on any atom is -0.480 e. The SMILES string of the molecule is COc1nc2ccccc2cc1-c1cnc([C@@H]2C[C@H](NCc3nccs3)CCN2C(C)=O)[nH]1. The number of likely N-dealkylation sites (tertiary alicyclic amines) is 1. The van der Waals surface area contributed by atoms with Gasteiger partial charge in [0.2, 0.25) is 11.8 Å². The second kappa shape index (κ2) is 9.29. The van der Waals surface area contributed by atoms with Crippen LogP contribution in [0.25, 0.3) is 22.2 Å². The molecular weight excluding hydrogens is 436 g/mol. The molecule has 1 aliphatic heterocycles. The van der Waals surface area contributed by atoms with Crippen molar-refractivity contribution in [3.8, 4) is 17.1 Å². The van der Waals surface area contributed by atoms with E-state index in [1.54, 1.807) is 31.6 Å². The fraction of sp³-hybridized carbons (Fsp3) is 0.333. The molecule has 9 heteroatoms. The number of fused-ring (bicyclic) bond motifs is 1. The number of amides is 1. The maximum Gasteiger partial charge on any atom is 0.223 e. The van der Waals surface area contributed by atoms with Crippen LogP contribution in [0.5, 0.6) is 5.88 Å². The maximum atomic E-state index is 12.4. The summed E-state index contributed by atoms with van der Waals surface area (Å²) in [6.45, 7) is 3.04. The topological polar surface area (TPSA) is 96.0 Å². The Labute approximate surface area is 196 Å². The van der Waals surface area contributed by atoms with Crippen LogP contribution < -0.4 is 10.1 Å². The van der Waals surface area contributed by atoms with Gasteiger partial charge >= 0.3 is 0 Å². The highest BCUT2D eigenvalue weighted by Gasteiger charge is 2.33. The minimum absolute atomic E-state index is 0.0567. The number of methoxy groups -OCH3 is 1. The van der Waals surface area contributed by atoms with Gasteiger partial charge in [-0.25, -0.2) is 15.0 Å². The number of hydrogen-bond acceptors (Lipinski definition) is 7. The summed E-state index contributed by atoms with van der Waals surface area (Å²) in [5.74, 6) is 1.37. The number of pyridine rings is 1. The first kappa shape index (κ1) is 21.5. The normalized spacial score (nSPS) is 18.5. The lowest BCUT2D eigenvalue weighted by Gasteiger charge is -2.38. The van der Waals surface area contributed by atoms with E-state index in [0.717, 1.165) is 52.4 Å². The van der Waals surface area contributed by atoms with Crippen molar-refractivity contribution in [3.05, 3.63) is 58.9 Å². The molecule has 8 nitrogen and oxygen atoms in total. The van der Waals surface area contributed by atoms with Crippen LogP contribution >= 0.6 is 11.3 Å². The number of imidazole rings is 1. The molecule has 5 rings (SSSR count). The Morgan fingerprint density at radius 1 is 1.33 bits per heavy atom. The van der Waals surface area contributed by atoms with Crippen LogP contribution in [0.2, 0.25) is 0 Å². The Kier molecular flexibility index (Phi) is 6.06. The van der Waals surface area contributed by atoms with E-state index in [1.165, 1.54) is 0 Å². The van der Waals surface area contributed by atoms with Crippen LogP contribution in [-0.2, 0) is 11.3 Å². The molecule has 0 aliphatic carbocycles. The number of hydrogen-bond donors (Lipinski definition) is 2. The van der Waals surface area contributed by atoms with Crippen LogP contribution in [-0.4, -0.2) is 50.4 Å². The first-order chi connectivity index (χ1) is 16.1. The molecule has 1 amide bonds. The first-order valence-electron chi connectivity index (χ1n) is 11.0. The van der Waals surface area contributed by atoms with E-state index in [9.17, 15) is 4.79 Å². The quantitative estimate of drug-likeness (QED) is 0.451. The van der Waals surface area contributed by atoms with Crippen molar-refractivity contribution >= 4 is 28.1 Å². The Hall–Kier alpha value is -3.30. The van der Waals surface area contributed by atoms with Gasteiger partial charge in [-0.2, -0.15) is 0 Å². The highest BCUT2D eigenvalue weighted by atomic mass is 32.1. The van der Waals surface area contributed by atoms with E-state index >= 15 is 0 Å². The van der Waals surface area contributed by atoms with Crippen LogP contribution in [0.3, 0.4) is 0 Å². The molecule has 4 heterocycles. The molecule has 0 spiro atoms. The standard InChI is InChI=1S/C24H26N6O2S/c1-15(31)30-9-7-17(26-14-22-25-8-10-33-22)12-21(30)23-27-13-20(28-23)18-11-16-5-3-4-6-19(16)29-24(18)32-2/h3-6,8,10-11,13,17,21,26H,7,9,12,14H2,1-2H3,(H,27,28)/t17-,21+/m1/s1. The first-order valence-corrected chi connectivity index (χ1v) is 11.9. The fourth-order valence-corrected chi connectivity index (χ4v) is 5.02. The number of aromatic amines is 1. The van der Waals surface area contributed by atoms with E-state index in [0.29, 0.717) is 12.4 Å². The van der Waals surface area contributed by atoms with Crippen molar-refractivity contribution in [1.82, 2.24) is 30.2 Å². The Morgan fingerprint density at radius 3 is 3.00 bits per heavy atom. The summed E-state index contributed by atoms with van der Waals surface area (Å²) >= 11 is 1.64. The molecule has 3 aromatic heterocycles. The molecule has 2 atom stereocenters. The molecule has 1 aliphatic rings. The molecule has 1 fully saturated rings. The van der Waals surface area contributed by atoms with Gasteiger partial charge in [0, 0.05) is 43.0 Å². The molecule has 1 saturated heterocycles. The third kappa shape index (κ3) is 4.46. The van der Waals surface area contributed by atoms with Gasteiger partial charge in [-0.15, -0.1) is 11.3 Å². The molecule has 170 valence electrons. The van der Waals surface area contributed by atoms with Crippen molar-refractivity contribution < 1.29 is 9.53 Å². The molecule has 4 aromatic rings. The predicted molar refractivity (Wildman–Crippen MR) is 128 cm³/mol. The number of thiazole rings is 1. The number of carbonyl (C=O) groups is 1. The molecule has 0 saturated carbocycles. The molecule has 33 heavy (non-hydrogen) atoms. The average molecular weight is 463 g/mol.